The van der Waals surface area contributed by atoms with Gasteiger partial charge in [-0.1, -0.05) is 38.0 Å². The molecule has 26 heavy (non-hydrogen) atoms. The van der Waals surface area contributed by atoms with Crippen molar-refractivity contribution in [2.24, 2.45) is 10.7 Å². The van der Waals surface area contributed by atoms with Crippen molar-refractivity contribution >= 4 is 28.1 Å². The summed E-state index contributed by atoms with van der Waals surface area (Å²) in [6, 6.07) is 7.79. The summed E-state index contributed by atoms with van der Waals surface area (Å²) in [5.41, 5.74) is 10.6. The maximum Gasteiger partial charge on any atom is 0.269 e. The molecule has 138 valence electrons. The number of aliphatic imine (C=N–C) groups is 1. The Morgan fingerprint density at radius 1 is 1.35 bits per heavy atom. The van der Waals surface area contributed by atoms with Crippen molar-refractivity contribution in [3.8, 4) is 0 Å². The molecule has 5 nitrogen and oxygen atoms in total. The number of allylic oxidation sites excluding steroid dienone is 1. The van der Waals surface area contributed by atoms with Crippen LogP contribution in [-0.4, -0.2) is 30.2 Å². The fourth-order valence-electron chi connectivity index (χ4n) is 2.92. The third kappa shape index (κ3) is 4.28. The van der Waals surface area contributed by atoms with Crippen molar-refractivity contribution < 1.29 is 4.79 Å². The number of aromatic nitrogens is 1. The van der Waals surface area contributed by atoms with Gasteiger partial charge in [0.05, 0.1) is 5.52 Å². The SMILES string of the molecule is CCCCCNC(=O)c1cc(/C(=C/N)C(C)=NC)c2cccc(C)c2n1. The summed E-state index contributed by atoms with van der Waals surface area (Å²) in [7, 11) is 1.73. The molecule has 5 heteroatoms. The van der Waals surface area contributed by atoms with Crippen molar-refractivity contribution in [1.29, 1.82) is 0 Å². The van der Waals surface area contributed by atoms with E-state index in [-0.39, 0.29) is 5.91 Å². The molecular formula is C21H28N4O. The van der Waals surface area contributed by atoms with Crippen LogP contribution in [0.2, 0.25) is 0 Å². The Kier molecular flexibility index (Phi) is 6.89. The number of pyridine rings is 1. The summed E-state index contributed by atoms with van der Waals surface area (Å²) in [5, 5.41) is 3.93. The van der Waals surface area contributed by atoms with E-state index in [0.29, 0.717) is 12.2 Å². The van der Waals surface area contributed by atoms with Crippen molar-refractivity contribution in [2.45, 2.75) is 40.0 Å². The van der Waals surface area contributed by atoms with Crippen LogP contribution in [0.4, 0.5) is 0 Å². The Morgan fingerprint density at radius 2 is 2.12 bits per heavy atom. The third-order valence-electron chi connectivity index (χ3n) is 4.52. The minimum absolute atomic E-state index is 0.157. The molecule has 0 aliphatic rings. The predicted octanol–water partition coefficient (Wildman–Crippen LogP) is 3.85. The number of benzene rings is 1. The van der Waals surface area contributed by atoms with Crippen LogP contribution in [-0.2, 0) is 0 Å². The van der Waals surface area contributed by atoms with Crippen LogP contribution < -0.4 is 11.1 Å². The molecule has 2 aromatic rings. The number of para-hydroxylation sites is 1. The average molecular weight is 352 g/mol. The fourth-order valence-corrected chi connectivity index (χ4v) is 2.92. The van der Waals surface area contributed by atoms with Crippen molar-refractivity contribution in [1.82, 2.24) is 10.3 Å². The Hall–Kier alpha value is -2.69. The van der Waals surface area contributed by atoms with Crippen LogP contribution in [0.5, 0.6) is 0 Å². The number of fused-ring (bicyclic) bond motifs is 1. The van der Waals surface area contributed by atoms with E-state index >= 15 is 0 Å². The molecule has 1 aromatic carbocycles. The number of nitrogens with zero attached hydrogens (tertiary/aromatic N) is 2. The van der Waals surface area contributed by atoms with Crippen LogP contribution in [0.25, 0.3) is 16.5 Å². The molecule has 0 aliphatic heterocycles. The smallest absolute Gasteiger partial charge is 0.269 e. The second kappa shape index (κ2) is 9.13. The molecule has 0 aliphatic carbocycles. The number of nitrogens with two attached hydrogens (primary N) is 1. The summed E-state index contributed by atoms with van der Waals surface area (Å²) in [4.78, 5) is 21.5. The van der Waals surface area contributed by atoms with E-state index < -0.39 is 0 Å². The van der Waals surface area contributed by atoms with Gasteiger partial charge in [0.15, 0.2) is 0 Å². The number of carbonyl (C=O) groups excluding carboxylic acids is 1. The highest BCUT2D eigenvalue weighted by Gasteiger charge is 2.16. The van der Waals surface area contributed by atoms with Crippen LogP contribution >= 0.6 is 0 Å². The Morgan fingerprint density at radius 3 is 2.77 bits per heavy atom. The molecule has 0 spiro atoms. The van der Waals surface area contributed by atoms with Gasteiger partial charge >= 0.3 is 0 Å². The minimum Gasteiger partial charge on any atom is -0.404 e. The first-order valence-corrected chi connectivity index (χ1v) is 9.08. The largest absolute Gasteiger partial charge is 0.404 e. The monoisotopic (exact) mass is 352 g/mol. The van der Waals surface area contributed by atoms with Crippen molar-refractivity contribution in [3.63, 3.8) is 0 Å². The number of amides is 1. The van der Waals surface area contributed by atoms with E-state index in [1.165, 1.54) is 0 Å². The van der Waals surface area contributed by atoms with Crippen LogP contribution in [0, 0.1) is 6.92 Å². The van der Waals surface area contributed by atoms with Crippen LogP contribution in [0.3, 0.4) is 0 Å². The van der Waals surface area contributed by atoms with Gasteiger partial charge in [0.25, 0.3) is 5.91 Å². The molecule has 0 bridgehead atoms. The van der Waals surface area contributed by atoms with E-state index in [2.05, 4.69) is 22.2 Å². The molecule has 2 rings (SSSR count). The summed E-state index contributed by atoms with van der Waals surface area (Å²) >= 11 is 0. The first kappa shape index (κ1) is 19.6. The topological polar surface area (TPSA) is 80.4 Å². The first-order chi connectivity index (χ1) is 12.5. The lowest BCUT2D eigenvalue weighted by Crippen LogP contribution is -2.25. The van der Waals surface area contributed by atoms with Crippen molar-refractivity contribution in [2.75, 3.05) is 13.6 Å². The Bertz CT molecular complexity index is 852. The van der Waals surface area contributed by atoms with Gasteiger partial charge in [0.2, 0.25) is 0 Å². The molecule has 0 unspecified atom stereocenters. The zero-order valence-corrected chi connectivity index (χ0v) is 16.1. The Labute approximate surface area is 155 Å². The molecule has 0 fully saturated rings. The lowest BCUT2D eigenvalue weighted by atomic mass is 9.96. The number of hydrogen-bond donors (Lipinski definition) is 2. The highest BCUT2D eigenvalue weighted by atomic mass is 16.1. The van der Waals surface area contributed by atoms with Crippen LogP contribution in [0.1, 0.15) is 54.7 Å². The van der Waals surface area contributed by atoms with Gasteiger partial charge in [-0.25, -0.2) is 4.98 Å². The van der Waals surface area contributed by atoms with Gasteiger partial charge in [0, 0.05) is 36.5 Å². The molecule has 1 heterocycles. The average Bonchev–Trinajstić information content (AvgIpc) is 2.65. The first-order valence-electron chi connectivity index (χ1n) is 9.08. The fraction of sp³-hybridized carbons (Fsp3) is 0.381. The second-order valence-corrected chi connectivity index (χ2v) is 6.38. The quantitative estimate of drug-likeness (QED) is 0.586. The molecule has 1 amide bonds. The summed E-state index contributed by atoms with van der Waals surface area (Å²) in [5.74, 6) is -0.157. The minimum atomic E-state index is -0.157. The summed E-state index contributed by atoms with van der Waals surface area (Å²) in [6.45, 7) is 6.70. The lowest BCUT2D eigenvalue weighted by Gasteiger charge is -2.14. The van der Waals surface area contributed by atoms with Gasteiger partial charge < -0.3 is 11.1 Å². The number of rotatable bonds is 7. The van der Waals surface area contributed by atoms with Gasteiger partial charge in [-0.15, -0.1) is 0 Å². The van der Waals surface area contributed by atoms with E-state index in [9.17, 15) is 4.79 Å². The van der Waals surface area contributed by atoms with E-state index in [1.807, 2.05) is 38.1 Å². The van der Waals surface area contributed by atoms with Gasteiger partial charge in [-0.2, -0.15) is 0 Å². The maximum atomic E-state index is 12.6. The zero-order valence-electron chi connectivity index (χ0n) is 16.1. The third-order valence-corrected chi connectivity index (χ3v) is 4.52. The normalized spacial score (nSPS) is 12.5. The lowest BCUT2D eigenvalue weighted by molar-refractivity contribution is 0.0948. The van der Waals surface area contributed by atoms with E-state index in [1.54, 1.807) is 13.2 Å². The van der Waals surface area contributed by atoms with Crippen molar-refractivity contribution in [3.05, 3.63) is 47.3 Å². The van der Waals surface area contributed by atoms with Gasteiger partial charge in [-0.3, -0.25) is 9.79 Å². The molecule has 0 atom stereocenters. The number of carbonyl (C=O) groups is 1. The molecular weight excluding hydrogens is 324 g/mol. The molecule has 0 radical (unpaired) electrons. The molecule has 0 saturated heterocycles. The molecule has 0 saturated carbocycles. The maximum absolute atomic E-state index is 12.6. The highest BCUT2D eigenvalue weighted by Crippen LogP contribution is 2.27. The number of unbranched alkanes of at least 4 members (excludes halogenated alkanes) is 2. The standard InChI is InChI=1S/C21H28N4O/c1-5-6-7-11-24-21(26)19-12-17(18(13-22)15(3)23-4)16-10-8-9-14(2)20(16)25-19/h8-10,12-13H,5-7,11,22H2,1-4H3,(H,24,26)/b18-13+,23-15?. The summed E-state index contributed by atoms with van der Waals surface area (Å²) < 4.78 is 0. The molecule has 3 N–H and O–H groups in total. The number of hydrogen-bond acceptors (Lipinski definition) is 4. The highest BCUT2D eigenvalue weighted by molar-refractivity contribution is 6.25. The number of aryl methyl sites for hydroxylation is 1. The predicted molar refractivity (Wildman–Crippen MR) is 110 cm³/mol. The van der Waals surface area contributed by atoms with Crippen LogP contribution in [0.15, 0.2) is 35.5 Å². The second-order valence-electron chi connectivity index (χ2n) is 6.38. The molecule has 1 aromatic heterocycles. The van der Waals surface area contributed by atoms with Gasteiger partial charge in [-0.05, 0) is 37.5 Å². The van der Waals surface area contributed by atoms with Gasteiger partial charge in [0.1, 0.15) is 5.69 Å². The zero-order chi connectivity index (χ0) is 19.1. The Balaban J connectivity index is 2.53. The summed E-state index contributed by atoms with van der Waals surface area (Å²) in [6.07, 6.45) is 4.73. The van der Waals surface area contributed by atoms with E-state index in [4.69, 9.17) is 5.73 Å². The van der Waals surface area contributed by atoms with E-state index in [0.717, 1.165) is 52.6 Å². The number of nitrogens with one attached hydrogen (secondary N) is 1.